The third kappa shape index (κ3) is 3.20. The highest BCUT2D eigenvalue weighted by molar-refractivity contribution is 5.83. The number of nitrogens with one attached hydrogen (secondary N) is 1. The summed E-state index contributed by atoms with van der Waals surface area (Å²) in [6.07, 6.45) is 0.590. The van der Waals surface area contributed by atoms with E-state index >= 15 is 0 Å². The lowest BCUT2D eigenvalue weighted by Gasteiger charge is -2.20. The molecule has 0 aromatic heterocycles. The van der Waals surface area contributed by atoms with Crippen LogP contribution in [0.5, 0.6) is 0 Å². The van der Waals surface area contributed by atoms with E-state index in [4.69, 9.17) is 9.84 Å². The molecule has 2 unspecified atom stereocenters. The van der Waals surface area contributed by atoms with Crippen LogP contribution in [0.3, 0.4) is 0 Å². The van der Waals surface area contributed by atoms with Gasteiger partial charge in [-0.3, -0.25) is 9.59 Å². The molecule has 1 saturated heterocycles. The lowest BCUT2D eigenvalue weighted by molar-refractivity contribution is -0.139. The minimum atomic E-state index is -1.02. The van der Waals surface area contributed by atoms with Crippen molar-refractivity contribution < 1.29 is 19.4 Å². The molecule has 0 bridgehead atoms. The molecule has 1 fully saturated rings. The Morgan fingerprint density at radius 2 is 2.20 bits per heavy atom. The normalized spacial score (nSPS) is 25.5. The molecule has 86 valence electrons. The van der Waals surface area contributed by atoms with Crippen molar-refractivity contribution in [2.45, 2.75) is 26.4 Å². The van der Waals surface area contributed by atoms with E-state index < -0.39 is 5.97 Å². The lowest BCUT2D eigenvalue weighted by atomic mass is 9.92. The third-order valence-corrected chi connectivity index (χ3v) is 2.54. The summed E-state index contributed by atoms with van der Waals surface area (Å²) in [6.45, 7) is 4.25. The van der Waals surface area contributed by atoms with E-state index in [9.17, 15) is 9.59 Å². The maximum absolute atomic E-state index is 11.6. The quantitative estimate of drug-likeness (QED) is 0.704. The SMILES string of the molecule is CC(C)C1OCCC1C(=O)NCC(=O)O. The largest absolute Gasteiger partial charge is 0.480 e. The number of ether oxygens (including phenoxy) is 1. The van der Waals surface area contributed by atoms with Gasteiger partial charge in [0.1, 0.15) is 6.54 Å². The smallest absolute Gasteiger partial charge is 0.322 e. The van der Waals surface area contributed by atoms with Crippen LogP contribution in [-0.2, 0) is 14.3 Å². The zero-order valence-electron chi connectivity index (χ0n) is 9.03. The topological polar surface area (TPSA) is 75.6 Å². The summed E-state index contributed by atoms with van der Waals surface area (Å²) in [5.74, 6) is -1.17. The Kier molecular flexibility index (Phi) is 4.08. The van der Waals surface area contributed by atoms with Crippen LogP contribution in [0.4, 0.5) is 0 Å². The molecule has 0 aromatic rings. The highest BCUT2D eigenvalue weighted by Gasteiger charge is 2.35. The monoisotopic (exact) mass is 215 g/mol. The van der Waals surface area contributed by atoms with Crippen LogP contribution in [0.1, 0.15) is 20.3 Å². The Hall–Kier alpha value is -1.10. The van der Waals surface area contributed by atoms with Crippen LogP contribution in [0.2, 0.25) is 0 Å². The summed E-state index contributed by atoms with van der Waals surface area (Å²) in [5.41, 5.74) is 0. The fourth-order valence-corrected chi connectivity index (χ4v) is 1.84. The van der Waals surface area contributed by atoms with Gasteiger partial charge < -0.3 is 15.2 Å². The van der Waals surface area contributed by atoms with Gasteiger partial charge in [-0.05, 0) is 12.3 Å². The molecule has 5 nitrogen and oxygen atoms in total. The number of rotatable bonds is 4. The predicted molar refractivity (Wildman–Crippen MR) is 53.3 cm³/mol. The van der Waals surface area contributed by atoms with E-state index in [1.165, 1.54) is 0 Å². The van der Waals surface area contributed by atoms with E-state index in [2.05, 4.69) is 5.32 Å². The molecule has 0 spiro atoms. The second kappa shape index (κ2) is 5.11. The van der Waals surface area contributed by atoms with Crippen molar-refractivity contribution in [3.63, 3.8) is 0 Å². The number of carboxylic acids is 1. The highest BCUT2D eigenvalue weighted by atomic mass is 16.5. The Morgan fingerprint density at radius 1 is 1.53 bits per heavy atom. The highest BCUT2D eigenvalue weighted by Crippen LogP contribution is 2.26. The first kappa shape index (κ1) is 12.0. The standard InChI is InChI=1S/C10H17NO4/c1-6(2)9-7(3-4-15-9)10(14)11-5-8(12)13/h6-7,9H,3-5H2,1-2H3,(H,11,14)(H,12,13). The van der Waals surface area contributed by atoms with Crippen molar-refractivity contribution in [2.75, 3.05) is 13.2 Å². The van der Waals surface area contributed by atoms with E-state index in [1.807, 2.05) is 13.8 Å². The van der Waals surface area contributed by atoms with Gasteiger partial charge in [-0.2, -0.15) is 0 Å². The van der Waals surface area contributed by atoms with E-state index in [0.29, 0.717) is 13.0 Å². The van der Waals surface area contributed by atoms with Gasteiger partial charge in [-0.25, -0.2) is 0 Å². The molecule has 1 aliphatic heterocycles. The maximum Gasteiger partial charge on any atom is 0.322 e. The van der Waals surface area contributed by atoms with Crippen molar-refractivity contribution in [3.8, 4) is 0 Å². The third-order valence-electron chi connectivity index (χ3n) is 2.54. The molecule has 0 saturated carbocycles. The maximum atomic E-state index is 11.6. The van der Waals surface area contributed by atoms with Crippen molar-refractivity contribution in [1.82, 2.24) is 5.32 Å². The Balaban J connectivity index is 2.47. The van der Waals surface area contributed by atoms with Gasteiger partial charge >= 0.3 is 5.97 Å². The van der Waals surface area contributed by atoms with Crippen molar-refractivity contribution in [2.24, 2.45) is 11.8 Å². The summed E-state index contributed by atoms with van der Waals surface area (Å²) in [5, 5.41) is 10.8. The van der Waals surface area contributed by atoms with Crippen LogP contribution in [0.15, 0.2) is 0 Å². The minimum absolute atomic E-state index is 0.0844. The molecule has 15 heavy (non-hydrogen) atoms. The summed E-state index contributed by atoms with van der Waals surface area (Å²) >= 11 is 0. The van der Waals surface area contributed by atoms with Gasteiger partial charge in [-0.1, -0.05) is 13.8 Å². The fourth-order valence-electron chi connectivity index (χ4n) is 1.84. The Morgan fingerprint density at radius 3 is 2.73 bits per heavy atom. The molecule has 0 aliphatic carbocycles. The number of carbonyl (C=O) groups is 2. The van der Waals surface area contributed by atoms with E-state index in [1.54, 1.807) is 0 Å². The summed E-state index contributed by atoms with van der Waals surface area (Å²) in [4.78, 5) is 21.9. The van der Waals surface area contributed by atoms with Crippen LogP contribution in [-0.4, -0.2) is 36.2 Å². The molecule has 1 heterocycles. The lowest BCUT2D eigenvalue weighted by Crippen LogP contribution is -2.39. The summed E-state index contributed by atoms with van der Waals surface area (Å²) in [6, 6.07) is 0. The van der Waals surface area contributed by atoms with E-state index in [-0.39, 0.29) is 30.4 Å². The minimum Gasteiger partial charge on any atom is -0.480 e. The Labute approximate surface area is 88.8 Å². The van der Waals surface area contributed by atoms with Crippen LogP contribution in [0.25, 0.3) is 0 Å². The fraction of sp³-hybridized carbons (Fsp3) is 0.800. The number of aliphatic carboxylic acids is 1. The molecule has 1 aliphatic rings. The second-order valence-corrected chi connectivity index (χ2v) is 4.09. The van der Waals surface area contributed by atoms with Gasteiger partial charge in [0.15, 0.2) is 0 Å². The average Bonchev–Trinajstić information content (AvgIpc) is 2.62. The summed E-state index contributed by atoms with van der Waals surface area (Å²) in [7, 11) is 0. The van der Waals surface area contributed by atoms with Gasteiger partial charge in [0.05, 0.1) is 12.0 Å². The van der Waals surface area contributed by atoms with Crippen molar-refractivity contribution >= 4 is 11.9 Å². The number of carbonyl (C=O) groups excluding carboxylic acids is 1. The molecular formula is C10H17NO4. The van der Waals surface area contributed by atoms with Gasteiger partial charge in [-0.15, -0.1) is 0 Å². The number of carboxylic acid groups (broad SMARTS) is 1. The van der Waals surface area contributed by atoms with Crippen LogP contribution >= 0.6 is 0 Å². The van der Waals surface area contributed by atoms with E-state index in [0.717, 1.165) is 0 Å². The van der Waals surface area contributed by atoms with Gasteiger partial charge in [0.2, 0.25) is 5.91 Å². The first-order valence-electron chi connectivity index (χ1n) is 5.13. The molecule has 0 radical (unpaired) electrons. The number of hydrogen-bond donors (Lipinski definition) is 2. The zero-order valence-corrected chi connectivity index (χ0v) is 9.03. The number of amides is 1. The molecule has 1 amide bonds. The van der Waals surface area contributed by atoms with Gasteiger partial charge in [0.25, 0.3) is 0 Å². The summed E-state index contributed by atoms with van der Waals surface area (Å²) < 4.78 is 5.45. The molecule has 2 atom stereocenters. The first-order chi connectivity index (χ1) is 7.02. The van der Waals surface area contributed by atoms with Gasteiger partial charge in [0, 0.05) is 6.61 Å². The molecular weight excluding hydrogens is 198 g/mol. The second-order valence-electron chi connectivity index (χ2n) is 4.09. The first-order valence-corrected chi connectivity index (χ1v) is 5.13. The number of hydrogen-bond acceptors (Lipinski definition) is 3. The van der Waals surface area contributed by atoms with Crippen LogP contribution < -0.4 is 5.32 Å². The Bertz CT molecular complexity index is 252. The predicted octanol–water partition coefficient (Wildman–Crippen LogP) is 0.248. The van der Waals surface area contributed by atoms with Crippen molar-refractivity contribution in [1.29, 1.82) is 0 Å². The zero-order chi connectivity index (χ0) is 11.4. The molecule has 2 N–H and O–H groups in total. The molecule has 1 rings (SSSR count). The van der Waals surface area contributed by atoms with Crippen molar-refractivity contribution in [3.05, 3.63) is 0 Å². The molecule has 0 aromatic carbocycles. The average molecular weight is 215 g/mol. The van der Waals surface area contributed by atoms with Crippen LogP contribution in [0, 0.1) is 11.8 Å². The molecule has 5 heteroatoms.